The van der Waals surface area contributed by atoms with E-state index in [4.69, 9.17) is 4.42 Å². The summed E-state index contributed by atoms with van der Waals surface area (Å²) in [6, 6.07) is 64.4. The molecule has 0 fully saturated rings. The molecule has 1 aliphatic rings. The lowest BCUT2D eigenvalue weighted by Crippen LogP contribution is -2.14. The average Bonchev–Trinajstić information content (AvgIpc) is 3.85. The highest BCUT2D eigenvalue weighted by atomic mass is 16.3. The second-order valence-electron chi connectivity index (χ2n) is 15.6. The number of rotatable bonds is 3. The molecule has 0 amide bonds. The minimum Gasteiger partial charge on any atom is -0.455 e. The molecule has 258 valence electrons. The van der Waals surface area contributed by atoms with Crippen molar-refractivity contribution in [3.05, 3.63) is 187 Å². The first kappa shape index (κ1) is 30.6. The molecule has 12 rings (SSSR count). The Bertz CT molecular complexity index is 3340. The molecule has 0 radical (unpaired) electrons. The fourth-order valence-electron chi connectivity index (χ4n) is 10.0. The van der Waals surface area contributed by atoms with Gasteiger partial charge in [-0.25, -0.2) is 0 Å². The molecular weight excluding hydrogens is 667 g/mol. The molecule has 0 aliphatic heterocycles. The maximum absolute atomic E-state index is 7.02. The van der Waals surface area contributed by atoms with Crippen LogP contribution in [0.1, 0.15) is 25.0 Å². The maximum Gasteiger partial charge on any atom is 0.143 e. The zero-order valence-corrected chi connectivity index (χ0v) is 30.6. The van der Waals surface area contributed by atoms with Gasteiger partial charge >= 0.3 is 0 Å². The van der Waals surface area contributed by atoms with Gasteiger partial charge < -0.3 is 8.98 Å². The second-order valence-corrected chi connectivity index (χ2v) is 15.6. The molecule has 9 aromatic carbocycles. The molecule has 0 saturated heterocycles. The van der Waals surface area contributed by atoms with Gasteiger partial charge in [-0.2, -0.15) is 0 Å². The van der Waals surface area contributed by atoms with E-state index in [0.717, 1.165) is 33.2 Å². The number of hydrogen-bond donors (Lipinski definition) is 0. The Labute approximate surface area is 318 Å². The molecule has 0 spiro atoms. The van der Waals surface area contributed by atoms with Gasteiger partial charge in [0.05, 0.1) is 11.0 Å². The third-order valence-corrected chi connectivity index (χ3v) is 12.4. The predicted molar refractivity (Wildman–Crippen MR) is 232 cm³/mol. The van der Waals surface area contributed by atoms with Crippen LogP contribution in [0.3, 0.4) is 0 Å². The van der Waals surface area contributed by atoms with Crippen LogP contribution in [0.5, 0.6) is 0 Å². The Morgan fingerprint density at radius 2 is 1.02 bits per heavy atom. The SMILES string of the molecule is CC1(C)c2ccccc2-c2cc(-c3c4ccccc4c(-c4cccc5c4oc4ccc6c(c7ccccc7n6-c6ccccc6)c45)c4ccccc34)ccc21. The van der Waals surface area contributed by atoms with Gasteiger partial charge in [-0.05, 0) is 91.3 Å². The molecule has 0 N–H and O–H groups in total. The third kappa shape index (κ3) is 4.09. The Balaban J connectivity index is 1.15. The van der Waals surface area contributed by atoms with Crippen LogP contribution in [0, 0.1) is 0 Å². The Morgan fingerprint density at radius 3 is 1.78 bits per heavy atom. The summed E-state index contributed by atoms with van der Waals surface area (Å²) < 4.78 is 9.40. The van der Waals surface area contributed by atoms with Crippen LogP contribution in [-0.4, -0.2) is 4.57 Å². The van der Waals surface area contributed by atoms with Crippen molar-refractivity contribution in [1.29, 1.82) is 0 Å². The quantitative estimate of drug-likeness (QED) is 0.168. The highest BCUT2D eigenvalue weighted by molar-refractivity contribution is 6.30. The van der Waals surface area contributed by atoms with Gasteiger partial charge in [0.15, 0.2) is 0 Å². The number of furan rings is 1. The molecule has 55 heavy (non-hydrogen) atoms. The maximum atomic E-state index is 7.02. The molecule has 0 bridgehead atoms. The van der Waals surface area contributed by atoms with E-state index in [1.165, 1.54) is 82.3 Å². The number of fused-ring (bicyclic) bond motifs is 12. The summed E-state index contributed by atoms with van der Waals surface area (Å²) in [5, 5.41) is 9.65. The van der Waals surface area contributed by atoms with E-state index in [9.17, 15) is 0 Å². The van der Waals surface area contributed by atoms with E-state index < -0.39 is 0 Å². The van der Waals surface area contributed by atoms with Gasteiger partial charge in [-0.15, -0.1) is 0 Å². The molecule has 2 heteroatoms. The third-order valence-electron chi connectivity index (χ3n) is 12.4. The van der Waals surface area contributed by atoms with E-state index in [2.05, 4.69) is 194 Å². The van der Waals surface area contributed by atoms with Crippen LogP contribution in [0.2, 0.25) is 0 Å². The molecule has 1 aliphatic carbocycles. The van der Waals surface area contributed by atoms with Gasteiger partial charge in [-0.3, -0.25) is 0 Å². The Kier molecular flexibility index (Phi) is 6.15. The lowest BCUT2D eigenvalue weighted by Gasteiger charge is -2.22. The summed E-state index contributed by atoms with van der Waals surface area (Å²) in [5.41, 5.74) is 15.6. The Hall–Kier alpha value is -6.90. The summed E-state index contributed by atoms with van der Waals surface area (Å²) in [6.07, 6.45) is 0. The second kappa shape index (κ2) is 11.1. The summed E-state index contributed by atoms with van der Waals surface area (Å²) in [4.78, 5) is 0. The van der Waals surface area contributed by atoms with Crippen LogP contribution >= 0.6 is 0 Å². The zero-order chi connectivity index (χ0) is 36.4. The van der Waals surface area contributed by atoms with Crippen molar-refractivity contribution in [1.82, 2.24) is 4.57 Å². The summed E-state index contributed by atoms with van der Waals surface area (Å²) in [7, 11) is 0. The number of nitrogens with zero attached hydrogens (tertiary/aromatic N) is 1. The van der Waals surface area contributed by atoms with E-state index in [-0.39, 0.29) is 5.41 Å². The van der Waals surface area contributed by atoms with Gasteiger partial charge in [0, 0.05) is 43.8 Å². The van der Waals surface area contributed by atoms with Crippen LogP contribution in [-0.2, 0) is 5.41 Å². The average molecular weight is 702 g/mol. The number of benzene rings is 9. The first-order chi connectivity index (χ1) is 27.1. The van der Waals surface area contributed by atoms with Crippen molar-refractivity contribution in [3.63, 3.8) is 0 Å². The Morgan fingerprint density at radius 1 is 0.418 bits per heavy atom. The number of para-hydroxylation sites is 3. The van der Waals surface area contributed by atoms with Crippen LogP contribution in [0.4, 0.5) is 0 Å². The normalized spacial score (nSPS) is 13.4. The van der Waals surface area contributed by atoms with Crippen LogP contribution in [0.15, 0.2) is 180 Å². The van der Waals surface area contributed by atoms with Crippen molar-refractivity contribution in [3.8, 4) is 39.1 Å². The number of aromatic nitrogens is 1. The monoisotopic (exact) mass is 701 g/mol. The predicted octanol–water partition coefficient (Wildman–Crippen LogP) is 14.6. The van der Waals surface area contributed by atoms with E-state index >= 15 is 0 Å². The van der Waals surface area contributed by atoms with Gasteiger partial charge in [0.25, 0.3) is 0 Å². The molecule has 0 unspecified atom stereocenters. The standard InChI is InChI=1S/C53H35NO/c1-53(2)43-25-12-10-17-34(43)42-31-32(27-28-44(42)53)48-35-18-6-8-20-37(35)49(38-21-9-7-19-36(38)48)40-23-14-24-41-51-47(55-52(40)41)30-29-46-50(51)39-22-11-13-26-45(39)54(46)33-15-4-3-5-16-33/h3-31H,1-2H3. The summed E-state index contributed by atoms with van der Waals surface area (Å²) in [5.74, 6) is 0. The van der Waals surface area contributed by atoms with Crippen molar-refractivity contribution in [2.45, 2.75) is 19.3 Å². The van der Waals surface area contributed by atoms with Crippen molar-refractivity contribution >= 4 is 65.3 Å². The van der Waals surface area contributed by atoms with Gasteiger partial charge in [0.2, 0.25) is 0 Å². The first-order valence-corrected chi connectivity index (χ1v) is 19.2. The summed E-state index contributed by atoms with van der Waals surface area (Å²) in [6.45, 7) is 4.70. The summed E-state index contributed by atoms with van der Waals surface area (Å²) >= 11 is 0. The van der Waals surface area contributed by atoms with E-state index in [0.29, 0.717) is 0 Å². The molecular formula is C53H35NO. The van der Waals surface area contributed by atoms with Crippen LogP contribution in [0.25, 0.3) is 104 Å². The smallest absolute Gasteiger partial charge is 0.143 e. The topological polar surface area (TPSA) is 18.1 Å². The van der Waals surface area contributed by atoms with Crippen molar-refractivity contribution < 1.29 is 4.42 Å². The van der Waals surface area contributed by atoms with E-state index in [1.807, 2.05) is 0 Å². The van der Waals surface area contributed by atoms with Crippen LogP contribution < -0.4 is 0 Å². The minimum absolute atomic E-state index is 0.0360. The fraction of sp³-hybridized carbons (Fsp3) is 0.0566. The largest absolute Gasteiger partial charge is 0.455 e. The molecule has 2 nitrogen and oxygen atoms in total. The minimum atomic E-state index is -0.0360. The van der Waals surface area contributed by atoms with Crippen molar-refractivity contribution in [2.75, 3.05) is 0 Å². The molecule has 0 saturated carbocycles. The van der Waals surface area contributed by atoms with Gasteiger partial charge in [0.1, 0.15) is 11.2 Å². The number of hydrogen-bond acceptors (Lipinski definition) is 1. The first-order valence-electron chi connectivity index (χ1n) is 19.2. The lowest BCUT2D eigenvalue weighted by atomic mass is 9.81. The van der Waals surface area contributed by atoms with E-state index in [1.54, 1.807) is 0 Å². The molecule has 2 heterocycles. The zero-order valence-electron chi connectivity index (χ0n) is 30.6. The highest BCUT2D eigenvalue weighted by Gasteiger charge is 2.35. The van der Waals surface area contributed by atoms with Gasteiger partial charge in [-0.1, -0.05) is 153 Å². The fourth-order valence-corrected chi connectivity index (χ4v) is 10.0. The molecule has 0 atom stereocenters. The van der Waals surface area contributed by atoms with Crippen molar-refractivity contribution in [2.24, 2.45) is 0 Å². The lowest BCUT2D eigenvalue weighted by molar-refractivity contribution is 0.660. The highest BCUT2D eigenvalue weighted by Crippen LogP contribution is 2.52. The molecule has 11 aromatic rings. The molecule has 2 aromatic heterocycles.